The van der Waals surface area contributed by atoms with E-state index < -0.39 is 33.7 Å². The number of anilines is 1. The van der Waals surface area contributed by atoms with E-state index in [4.69, 9.17) is 13.9 Å². The Bertz CT molecular complexity index is 1370. The Morgan fingerprint density at radius 2 is 1.84 bits per heavy atom. The van der Waals surface area contributed by atoms with Crippen LogP contribution in [0.15, 0.2) is 39.8 Å². The summed E-state index contributed by atoms with van der Waals surface area (Å²) in [6, 6.07) is 5.95. The zero-order valence-corrected chi connectivity index (χ0v) is 21.1. The Morgan fingerprint density at radius 3 is 2.45 bits per heavy atom. The van der Waals surface area contributed by atoms with E-state index in [1.807, 2.05) is 0 Å². The quantitative estimate of drug-likeness (QED) is 0.464. The molecule has 1 atom stereocenters. The fraction of sp³-hybridized carbons (Fsp3) is 0.478. The molecule has 1 aromatic carbocycles. The molecule has 5 rings (SSSR count). The highest BCUT2D eigenvalue weighted by atomic mass is 32.2. The van der Waals surface area contributed by atoms with E-state index in [2.05, 4.69) is 25.5 Å². The standard InChI is InChI=1S/C23H25F3N6O5S/c1-14-30-31-20(36-14)15-2-4-18(5-3-15)38(33,34)32-9-6-16(7-10-32)28-22-27-12-19(23(24,25)26)21(29-22)37-17-8-11-35-13-17/h2-5,12,16-17H,6-11,13H2,1H3,(H,27,28,29)/t17-/m0/s1. The van der Waals surface area contributed by atoms with Crippen molar-refractivity contribution in [3.8, 4) is 17.3 Å². The van der Waals surface area contributed by atoms with E-state index in [0.29, 0.717) is 49.4 Å². The fourth-order valence-corrected chi connectivity index (χ4v) is 5.71. The van der Waals surface area contributed by atoms with Gasteiger partial charge in [0.2, 0.25) is 33.6 Å². The van der Waals surface area contributed by atoms with Gasteiger partial charge in [-0.15, -0.1) is 10.2 Å². The van der Waals surface area contributed by atoms with Crippen LogP contribution in [0.2, 0.25) is 0 Å². The summed E-state index contributed by atoms with van der Waals surface area (Å²) in [6.45, 7) is 2.70. The first-order valence-electron chi connectivity index (χ1n) is 12.0. The number of nitrogens with one attached hydrogen (secondary N) is 1. The average molecular weight is 555 g/mol. The van der Waals surface area contributed by atoms with Crippen LogP contribution in [0.4, 0.5) is 19.1 Å². The molecule has 1 N–H and O–H groups in total. The first-order chi connectivity index (χ1) is 18.1. The van der Waals surface area contributed by atoms with Gasteiger partial charge in [0, 0.05) is 44.2 Å². The number of halogens is 3. The predicted octanol–water partition coefficient (Wildman–Crippen LogP) is 3.29. The summed E-state index contributed by atoms with van der Waals surface area (Å²) in [5.74, 6) is 0.140. The van der Waals surface area contributed by atoms with E-state index in [-0.39, 0.29) is 36.6 Å². The third-order valence-electron chi connectivity index (χ3n) is 6.28. The topological polar surface area (TPSA) is 133 Å². The van der Waals surface area contributed by atoms with Gasteiger partial charge >= 0.3 is 6.18 Å². The maximum absolute atomic E-state index is 13.4. The van der Waals surface area contributed by atoms with Crippen LogP contribution in [0.25, 0.3) is 11.5 Å². The molecule has 2 fully saturated rings. The molecule has 3 aromatic rings. The van der Waals surface area contributed by atoms with Gasteiger partial charge in [0.15, 0.2) is 0 Å². The van der Waals surface area contributed by atoms with Crippen LogP contribution >= 0.6 is 0 Å². The zero-order valence-electron chi connectivity index (χ0n) is 20.3. The molecule has 0 unspecified atom stereocenters. The van der Waals surface area contributed by atoms with Crippen LogP contribution in [0.5, 0.6) is 5.88 Å². The number of rotatable bonds is 7. The Balaban J connectivity index is 1.22. The molecular formula is C23H25F3N6O5S. The number of aromatic nitrogens is 4. The molecule has 2 aliphatic rings. The molecule has 4 heterocycles. The lowest BCUT2D eigenvalue weighted by Crippen LogP contribution is -2.42. The van der Waals surface area contributed by atoms with Crippen LogP contribution in [-0.4, -0.2) is 71.3 Å². The van der Waals surface area contributed by atoms with Crippen LogP contribution in [0, 0.1) is 6.92 Å². The Hall–Kier alpha value is -3.30. The average Bonchev–Trinajstić information content (AvgIpc) is 3.56. The summed E-state index contributed by atoms with van der Waals surface area (Å²) in [4.78, 5) is 7.93. The summed E-state index contributed by atoms with van der Waals surface area (Å²) in [6.07, 6.45) is -3.20. The number of piperidine rings is 1. The normalized spacial score (nSPS) is 19.5. The first kappa shape index (κ1) is 26.3. The molecule has 204 valence electrons. The van der Waals surface area contributed by atoms with Crippen molar-refractivity contribution in [2.45, 2.75) is 49.4 Å². The third-order valence-corrected chi connectivity index (χ3v) is 8.19. The predicted molar refractivity (Wildman–Crippen MR) is 127 cm³/mol. The molecule has 2 aliphatic heterocycles. The molecule has 0 saturated carbocycles. The van der Waals surface area contributed by atoms with Crippen molar-refractivity contribution < 1.29 is 35.5 Å². The zero-order chi connectivity index (χ0) is 26.9. The molecule has 2 aromatic heterocycles. The molecular weight excluding hydrogens is 529 g/mol. The van der Waals surface area contributed by atoms with E-state index in [0.717, 1.165) is 0 Å². The van der Waals surface area contributed by atoms with Crippen molar-refractivity contribution in [3.63, 3.8) is 0 Å². The van der Waals surface area contributed by atoms with E-state index in [1.165, 1.54) is 16.4 Å². The molecule has 0 radical (unpaired) electrons. The second-order valence-corrected chi connectivity index (χ2v) is 10.9. The molecule has 0 aliphatic carbocycles. The number of sulfonamides is 1. The number of hydrogen-bond acceptors (Lipinski definition) is 10. The van der Waals surface area contributed by atoms with Gasteiger partial charge in [-0.2, -0.15) is 22.5 Å². The lowest BCUT2D eigenvalue weighted by molar-refractivity contribution is -0.139. The van der Waals surface area contributed by atoms with E-state index in [1.54, 1.807) is 19.1 Å². The van der Waals surface area contributed by atoms with Gasteiger partial charge in [-0.05, 0) is 37.1 Å². The second-order valence-electron chi connectivity index (χ2n) is 8.99. The maximum Gasteiger partial charge on any atom is 0.423 e. The Kier molecular flexibility index (Phi) is 7.24. The Morgan fingerprint density at radius 1 is 1.11 bits per heavy atom. The highest BCUT2D eigenvalue weighted by molar-refractivity contribution is 7.89. The number of ether oxygens (including phenoxy) is 2. The van der Waals surface area contributed by atoms with Crippen molar-refractivity contribution in [1.29, 1.82) is 0 Å². The third kappa shape index (κ3) is 5.73. The van der Waals surface area contributed by atoms with Gasteiger partial charge in [0.05, 0.1) is 18.1 Å². The minimum atomic E-state index is -4.67. The van der Waals surface area contributed by atoms with Crippen LogP contribution in [0.3, 0.4) is 0 Å². The Labute approximate surface area is 216 Å². The summed E-state index contributed by atoms with van der Waals surface area (Å²) in [7, 11) is -3.74. The second kappa shape index (κ2) is 10.5. The van der Waals surface area contributed by atoms with Crippen molar-refractivity contribution in [2.24, 2.45) is 0 Å². The fourth-order valence-electron chi connectivity index (χ4n) is 4.24. The molecule has 15 heteroatoms. The van der Waals surface area contributed by atoms with Crippen molar-refractivity contribution in [2.75, 3.05) is 31.6 Å². The van der Waals surface area contributed by atoms with Gasteiger partial charge in [-0.3, -0.25) is 0 Å². The summed E-state index contributed by atoms with van der Waals surface area (Å²) in [5, 5.41) is 10.7. The molecule has 38 heavy (non-hydrogen) atoms. The molecule has 2 saturated heterocycles. The van der Waals surface area contributed by atoms with E-state index >= 15 is 0 Å². The highest BCUT2D eigenvalue weighted by Crippen LogP contribution is 2.36. The SMILES string of the molecule is Cc1nnc(-c2ccc(S(=O)(=O)N3CCC(Nc4ncc(C(F)(F)F)c(O[C@H]5CCOC5)n4)CC3)cc2)o1. The van der Waals surface area contributed by atoms with Gasteiger partial charge in [-0.1, -0.05) is 0 Å². The smallest absolute Gasteiger partial charge is 0.423 e. The number of alkyl halides is 3. The molecule has 0 spiro atoms. The van der Waals surface area contributed by atoms with Gasteiger partial charge < -0.3 is 19.2 Å². The first-order valence-corrected chi connectivity index (χ1v) is 13.4. The summed E-state index contributed by atoms with van der Waals surface area (Å²) < 4.78 is 84.0. The number of hydrogen-bond donors (Lipinski definition) is 1. The van der Waals surface area contributed by atoms with Crippen molar-refractivity contribution in [3.05, 3.63) is 41.9 Å². The number of aryl methyl sites for hydroxylation is 1. The molecule has 11 nitrogen and oxygen atoms in total. The summed E-state index contributed by atoms with van der Waals surface area (Å²) >= 11 is 0. The molecule has 0 amide bonds. The van der Waals surface area contributed by atoms with Gasteiger partial charge in [0.1, 0.15) is 11.7 Å². The highest BCUT2D eigenvalue weighted by Gasteiger charge is 2.38. The summed E-state index contributed by atoms with van der Waals surface area (Å²) in [5.41, 5.74) is -0.455. The van der Waals surface area contributed by atoms with Crippen LogP contribution in [0.1, 0.15) is 30.7 Å². The lowest BCUT2D eigenvalue weighted by Gasteiger charge is -2.31. The minimum Gasteiger partial charge on any atom is -0.471 e. The van der Waals surface area contributed by atoms with Crippen molar-refractivity contribution in [1.82, 2.24) is 24.5 Å². The largest absolute Gasteiger partial charge is 0.471 e. The molecule has 0 bridgehead atoms. The van der Waals surface area contributed by atoms with E-state index in [9.17, 15) is 21.6 Å². The van der Waals surface area contributed by atoms with Gasteiger partial charge in [0.25, 0.3) is 0 Å². The number of nitrogens with zero attached hydrogens (tertiary/aromatic N) is 5. The van der Waals surface area contributed by atoms with Crippen molar-refractivity contribution >= 4 is 16.0 Å². The van der Waals surface area contributed by atoms with Crippen LogP contribution < -0.4 is 10.1 Å². The maximum atomic E-state index is 13.4. The monoisotopic (exact) mass is 554 g/mol. The van der Waals surface area contributed by atoms with Gasteiger partial charge in [-0.25, -0.2) is 13.4 Å². The lowest BCUT2D eigenvalue weighted by atomic mass is 10.1. The van der Waals surface area contributed by atoms with Crippen LogP contribution in [-0.2, 0) is 20.9 Å². The minimum absolute atomic E-state index is 0.0138. The number of benzene rings is 1.